The Hall–Kier alpha value is -3.81. The second kappa shape index (κ2) is 10.00. The molecule has 14 heteroatoms. The number of rotatable bonds is 8. The van der Waals surface area contributed by atoms with Crippen molar-refractivity contribution in [1.82, 2.24) is 19.9 Å². The van der Waals surface area contributed by atoms with Crippen LogP contribution in [0.2, 0.25) is 0 Å². The number of nitrogens with zero attached hydrogens (tertiary/aromatic N) is 5. The monoisotopic (exact) mass is 466 g/mol. The molecule has 0 saturated heterocycles. The summed E-state index contributed by atoms with van der Waals surface area (Å²) < 4.78 is 41.5. The summed E-state index contributed by atoms with van der Waals surface area (Å²) >= 11 is 1.02. The van der Waals surface area contributed by atoms with E-state index in [0.29, 0.717) is 11.4 Å². The van der Waals surface area contributed by atoms with Crippen molar-refractivity contribution >= 4 is 35.0 Å². The minimum atomic E-state index is -4.78. The molecule has 3 rings (SSSR count). The number of ether oxygens (including phenoxy) is 1. The van der Waals surface area contributed by atoms with E-state index in [4.69, 9.17) is 5.84 Å². The van der Waals surface area contributed by atoms with Gasteiger partial charge >= 0.3 is 6.36 Å². The maximum atomic E-state index is 12.2. The molecule has 0 bridgehead atoms. The number of aromatic nitrogens is 4. The van der Waals surface area contributed by atoms with Crippen LogP contribution in [0.25, 0.3) is 0 Å². The molecule has 168 valence electrons. The Morgan fingerprint density at radius 2 is 1.88 bits per heavy atom. The van der Waals surface area contributed by atoms with Gasteiger partial charge in [0.15, 0.2) is 0 Å². The lowest BCUT2D eigenvalue weighted by Crippen LogP contribution is -2.18. The average molecular weight is 466 g/mol. The number of halogens is 3. The van der Waals surface area contributed by atoms with Gasteiger partial charge in [-0.05, 0) is 43.3 Å². The van der Waals surface area contributed by atoms with Gasteiger partial charge in [-0.25, -0.2) is 10.1 Å². The molecular weight excluding hydrogens is 449 g/mol. The number of hydrogen-bond donors (Lipinski definition) is 3. The molecule has 0 aliphatic heterocycles. The molecule has 0 aliphatic rings. The Bertz CT molecular complexity index is 1090. The van der Waals surface area contributed by atoms with Crippen molar-refractivity contribution in [2.45, 2.75) is 18.4 Å². The van der Waals surface area contributed by atoms with Gasteiger partial charge in [-0.3, -0.25) is 9.78 Å². The van der Waals surface area contributed by atoms with E-state index in [1.807, 2.05) is 0 Å². The van der Waals surface area contributed by atoms with Gasteiger partial charge < -0.3 is 15.9 Å². The molecule has 0 atom stereocenters. The van der Waals surface area contributed by atoms with Gasteiger partial charge in [-0.15, -0.1) is 23.4 Å². The number of alkyl halides is 3. The van der Waals surface area contributed by atoms with Crippen molar-refractivity contribution in [3.63, 3.8) is 0 Å². The van der Waals surface area contributed by atoms with Crippen LogP contribution in [0.3, 0.4) is 0 Å². The topological polar surface area (TPSA) is 132 Å². The summed E-state index contributed by atoms with van der Waals surface area (Å²) in [5.41, 5.74) is 4.55. The van der Waals surface area contributed by atoms with Gasteiger partial charge in [0, 0.05) is 23.6 Å². The van der Waals surface area contributed by atoms with Crippen molar-refractivity contribution < 1.29 is 22.7 Å². The quantitative estimate of drug-likeness (QED) is 0.200. The Labute approximate surface area is 184 Å². The molecule has 0 radical (unpaired) electrons. The second-order valence-electron chi connectivity index (χ2n) is 6.13. The van der Waals surface area contributed by atoms with Crippen LogP contribution in [0.15, 0.2) is 59.0 Å². The first-order valence-electron chi connectivity index (χ1n) is 8.91. The number of nitrogens with one attached hydrogen (secondary N) is 2. The lowest BCUT2D eigenvalue weighted by atomic mass is 10.2. The number of anilines is 2. The number of carbonyl (C=O) groups is 1. The number of amides is 1. The molecule has 0 fully saturated rings. The standard InChI is InChI=1S/C18H17F3N8O2S/c1-11(12-6-8-23-9-7-12)25-26-16-27-28-17(29(16)22)32-10-15(30)24-13-2-4-14(5-3-13)31-18(19,20)21/h2-9H,10,22H2,1H3,(H,24,30)(H,26,27)/b25-11+. The van der Waals surface area contributed by atoms with Crippen molar-refractivity contribution in [2.24, 2.45) is 5.10 Å². The molecular formula is C18H17F3N8O2S. The molecule has 2 heterocycles. The number of nitrogen functional groups attached to an aromatic ring is 1. The Kier molecular flexibility index (Phi) is 7.14. The molecule has 10 nitrogen and oxygen atoms in total. The Morgan fingerprint density at radius 3 is 2.53 bits per heavy atom. The highest BCUT2D eigenvalue weighted by atomic mass is 32.2. The zero-order valence-electron chi connectivity index (χ0n) is 16.5. The fraction of sp³-hybridized carbons (Fsp3) is 0.167. The van der Waals surface area contributed by atoms with Crippen LogP contribution in [0.1, 0.15) is 12.5 Å². The molecule has 2 aromatic heterocycles. The van der Waals surface area contributed by atoms with E-state index in [-0.39, 0.29) is 22.6 Å². The third-order valence-corrected chi connectivity index (χ3v) is 4.73. The maximum absolute atomic E-state index is 12.2. The van der Waals surface area contributed by atoms with Crippen molar-refractivity contribution in [3.8, 4) is 5.75 Å². The largest absolute Gasteiger partial charge is 0.573 e. The molecule has 1 aromatic carbocycles. The zero-order valence-corrected chi connectivity index (χ0v) is 17.3. The third kappa shape index (κ3) is 6.60. The van der Waals surface area contributed by atoms with Crippen molar-refractivity contribution in [1.29, 1.82) is 0 Å². The number of nitrogens with two attached hydrogens (primary N) is 1. The smallest absolute Gasteiger partial charge is 0.406 e. The number of hydrogen-bond acceptors (Lipinski definition) is 9. The molecule has 0 spiro atoms. The first kappa shape index (κ1) is 22.9. The number of hydrazone groups is 1. The highest BCUT2D eigenvalue weighted by Crippen LogP contribution is 2.24. The van der Waals surface area contributed by atoms with Crippen LogP contribution in [-0.2, 0) is 4.79 Å². The van der Waals surface area contributed by atoms with E-state index in [1.165, 1.54) is 12.1 Å². The van der Waals surface area contributed by atoms with Crippen LogP contribution in [0.4, 0.5) is 24.8 Å². The zero-order chi connectivity index (χ0) is 23.1. The molecule has 0 saturated carbocycles. The minimum Gasteiger partial charge on any atom is -0.406 e. The lowest BCUT2D eigenvalue weighted by Gasteiger charge is -2.10. The second-order valence-corrected chi connectivity index (χ2v) is 7.07. The van der Waals surface area contributed by atoms with E-state index < -0.39 is 12.3 Å². The maximum Gasteiger partial charge on any atom is 0.573 e. The molecule has 0 aliphatic carbocycles. The van der Waals surface area contributed by atoms with Gasteiger partial charge in [0.25, 0.3) is 5.95 Å². The Balaban J connectivity index is 1.51. The van der Waals surface area contributed by atoms with Crippen molar-refractivity contribution in [2.75, 3.05) is 22.3 Å². The fourth-order valence-electron chi connectivity index (χ4n) is 2.31. The molecule has 1 amide bonds. The minimum absolute atomic E-state index is 0.0601. The van der Waals surface area contributed by atoms with Crippen molar-refractivity contribution in [3.05, 3.63) is 54.4 Å². The molecule has 0 unspecified atom stereocenters. The fourth-order valence-corrected chi connectivity index (χ4v) is 2.97. The SMILES string of the molecule is C/C(=N\Nc1nnc(SCC(=O)Nc2ccc(OC(F)(F)F)cc2)n1N)c1ccncc1. The van der Waals surface area contributed by atoms with E-state index in [0.717, 1.165) is 34.1 Å². The van der Waals surface area contributed by atoms with Crippen LogP contribution in [-0.4, -0.2) is 43.6 Å². The summed E-state index contributed by atoms with van der Waals surface area (Å²) in [6.07, 6.45) is -1.50. The van der Waals surface area contributed by atoms with E-state index in [2.05, 4.69) is 35.8 Å². The van der Waals surface area contributed by atoms with E-state index in [9.17, 15) is 18.0 Å². The first-order valence-corrected chi connectivity index (χ1v) is 9.89. The Morgan fingerprint density at radius 1 is 1.19 bits per heavy atom. The third-order valence-electron chi connectivity index (χ3n) is 3.79. The first-order chi connectivity index (χ1) is 15.2. The summed E-state index contributed by atoms with van der Waals surface area (Å²) in [4.78, 5) is 16.0. The van der Waals surface area contributed by atoms with Gasteiger partial charge in [-0.1, -0.05) is 11.8 Å². The highest BCUT2D eigenvalue weighted by molar-refractivity contribution is 7.99. The predicted molar refractivity (Wildman–Crippen MR) is 113 cm³/mol. The highest BCUT2D eigenvalue weighted by Gasteiger charge is 2.30. The summed E-state index contributed by atoms with van der Waals surface area (Å²) in [7, 11) is 0. The number of pyridine rings is 1. The average Bonchev–Trinajstić information content (AvgIpc) is 3.11. The lowest BCUT2D eigenvalue weighted by molar-refractivity contribution is -0.274. The van der Waals surface area contributed by atoms with Gasteiger partial charge in [-0.2, -0.15) is 5.10 Å². The molecule has 3 aromatic rings. The number of thioether (sulfide) groups is 1. The van der Waals surface area contributed by atoms with E-state index in [1.54, 1.807) is 31.5 Å². The normalized spacial score (nSPS) is 11.8. The van der Waals surface area contributed by atoms with E-state index >= 15 is 0 Å². The molecule has 32 heavy (non-hydrogen) atoms. The number of benzene rings is 1. The summed E-state index contributed by atoms with van der Waals surface area (Å²) in [6, 6.07) is 8.37. The predicted octanol–water partition coefficient (Wildman–Crippen LogP) is 2.85. The summed E-state index contributed by atoms with van der Waals surface area (Å²) in [5, 5.41) is 14.8. The molecule has 4 N–H and O–H groups in total. The summed E-state index contributed by atoms with van der Waals surface area (Å²) in [5.74, 6) is 5.23. The van der Waals surface area contributed by atoms with Gasteiger partial charge in [0.1, 0.15) is 5.75 Å². The van der Waals surface area contributed by atoms with Gasteiger partial charge in [0.2, 0.25) is 11.1 Å². The van der Waals surface area contributed by atoms with Gasteiger partial charge in [0.05, 0.1) is 11.5 Å². The van der Waals surface area contributed by atoms with Crippen LogP contribution in [0, 0.1) is 0 Å². The summed E-state index contributed by atoms with van der Waals surface area (Å²) in [6.45, 7) is 1.79. The van der Waals surface area contributed by atoms with Crippen LogP contribution in [0.5, 0.6) is 5.75 Å². The van der Waals surface area contributed by atoms with Crippen LogP contribution >= 0.6 is 11.8 Å². The number of carbonyl (C=O) groups excluding carboxylic acids is 1. The van der Waals surface area contributed by atoms with Crippen LogP contribution < -0.4 is 21.3 Å².